The van der Waals surface area contributed by atoms with Gasteiger partial charge in [0, 0.05) is 23.1 Å². The molecule has 38 valence electrons. The van der Waals surface area contributed by atoms with Gasteiger partial charge in [0.1, 0.15) is 0 Å². The summed E-state index contributed by atoms with van der Waals surface area (Å²) in [6.07, 6.45) is 0. The Morgan fingerprint density at radius 1 is 0.600 bits per heavy atom. The Balaban J connectivity index is 0. The third-order valence-corrected chi connectivity index (χ3v) is 0. The summed E-state index contributed by atoms with van der Waals surface area (Å²) in [6, 6.07) is 0. The third-order valence-electron chi connectivity index (χ3n) is 0. The van der Waals surface area contributed by atoms with Crippen molar-refractivity contribution in [2.24, 2.45) is 0 Å². The van der Waals surface area contributed by atoms with Crippen LogP contribution in [0.3, 0.4) is 0 Å². The molecule has 0 amide bonds. The van der Waals surface area contributed by atoms with Crippen LogP contribution >= 0.6 is 49.6 Å². The van der Waals surface area contributed by atoms with Crippen LogP contribution in [0, 0.1) is 0 Å². The predicted octanol–water partition coefficient (Wildman–Crippen LogP) is 1.93. The molecular weight excluding hydrogens is 190 g/mol. The van der Waals surface area contributed by atoms with Crippen LogP contribution in [0.25, 0.3) is 0 Å². The summed E-state index contributed by atoms with van der Waals surface area (Å²) < 4.78 is 0. The van der Waals surface area contributed by atoms with Crippen molar-refractivity contribution in [2.45, 2.75) is 0 Å². The molecule has 0 aromatic carbocycles. The van der Waals surface area contributed by atoms with E-state index in [1.165, 1.54) is 0 Å². The van der Waals surface area contributed by atoms with Gasteiger partial charge in [-0.1, -0.05) is 0 Å². The molecule has 0 saturated heterocycles. The van der Waals surface area contributed by atoms with Gasteiger partial charge in [0.25, 0.3) is 0 Å². The number of halogens is 4. The van der Waals surface area contributed by atoms with E-state index in [0.717, 1.165) is 0 Å². The first kappa shape index (κ1) is 67.5. The summed E-state index contributed by atoms with van der Waals surface area (Å²) in [5, 5.41) is 0. The Morgan fingerprint density at radius 3 is 0.600 bits per heavy atom. The van der Waals surface area contributed by atoms with E-state index in [2.05, 4.69) is 0 Å². The molecule has 5 heavy (non-hydrogen) atoms. The fourth-order valence-corrected chi connectivity index (χ4v) is 0. The first-order chi connectivity index (χ1) is 0. The molecule has 0 fully saturated rings. The van der Waals surface area contributed by atoms with Crippen LogP contribution in [0.2, 0.25) is 0 Å². The Hall–Kier alpha value is 1.87. The molecule has 0 aliphatic heterocycles. The fourth-order valence-electron chi connectivity index (χ4n) is 0. The van der Waals surface area contributed by atoms with E-state index < -0.39 is 0 Å². The van der Waals surface area contributed by atoms with Crippen LogP contribution in [-0.2, 0) is 21.7 Å². The van der Waals surface area contributed by atoms with E-state index >= 15 is 0 Å². The molecule has 0 aromatic heterocycles. The fraction of sp³-hybridized carbons (Fsp3) is 0. The van der Waals surface area contributed by atoms with E-state index in [-0.39, 0.29) is 72.8 Å². The van der Waals surface area contributed by atoms with Gasteiger partial charge in [0.05, 0.1) is 0 Å². The predicted molar refractivity (Wildman–Crippen MR) is 31.1 cm³/mol. The van der Waals surface area contributed by atoms with E-state index in [4.69, 9.17) is 0 Å². The van der Waals surface area contributed by atoms with Crippen molar-refractivity contribution in [3.63, 3.8) is 0 Å². The second-order valence-corrected chi connectivity index (χ2v) is 0. The second-order valence-electron chi connectivity index (χ2n) is 0. The third kappa shape index (κ3) is 25.1. The minimum Gasteiger partial charge on any atom is -0.147 e. The van der Waals surface area contributed by atoms with Crippen LogP contribution in [0.5, 0.6) is 0 Å². The topological polar surface area (TPSA) is 0 Å². The summed E-state index contributed by atoms with van der Waals surface area (Å²) in [5.74, 6) is 0. The molecule has 0 N–H and O–H groups in total. The number of hydrogen-bond donors (Lipinski definition) is 0. The average Bonchev–Trinajstić information content (AvgIpc) is 0. The van der Waals surface area contributed by atoms with Gasteiger partial charge in [0.15, 0.2) is 0 Å². The summed E-state index contributed by atoms with van der Waals surface area (Å²) in [4.78, 5) is 0. The zero-order valence-corrected chi connectivity index (χ0v) is 6.96. The molecule has 5 heteroatoms. The van der Waals surface area contributed by atoms with Gasteiger partial charge >= 0.3 is 0 Å². The van der Waals surface area contributed by atoms with Gasteiger partial charge in [-0.3, -0.25) is 0 Å². The molecular formula is H6Cl4Ti. The molecule has 0 spiro atoms. The van der Waals surface area contributed by atoms with E-state index in [0.29, 0.717) is 0 Å². The van der Waals surface area contributed by atoms with Crippen LogP contribution in [0.15, 0.2) is 0 Å². The van der Waals surface area contributed by atoms with Crippen molar-refractivity contribution in [3.8, 4) is 0 Å². The molecule has 0 rings (SSSR count). The summed E-state index contributed by atoms with van der Waals surface area (Å²) in [7, 11) is 0. The Morgan fingerprint density at radius 2 is 0.600 bits per heavy atom. The van der Waals surface area contributed by atoms with E-state index in [1.54, 1.807) is 0 Å². The largest absolute Gasteiger partial charge is 0.147 e. The van der Waals surface area contributed by atoms with Gasteiger partial charge < -0.3 is 0 Å². The molecule has 0 aromatic rings. The van der Waals surface area contributed by atoms with Crippen LogP contribution < -0.4 is 0 Å². The van der Waals surface area contributed by atoms with Gasteiger partial charge in [0.2, 0.25) is 0 Å². The first-order valence-electron chi connectivity index (χ1n) is 0. The molecule has 0 heterocycles. The minimum absolute atomic E-state index is 0. The quantitative estimate of drug-likeness (QED) is 0.519. The molecule has 0 unspecified atom stereocenters. The minimum atomic E-state index is 0. The molecule has 0 aliphatic carbocycles. The molecule has 0 nitrogen and oxygen atoms in total. The van der Waals surface area contributed by atoms with Gasteiger partial charge in [-0.25, -0.2) is 0 Å². The Kier molecular flexibility index (Phi) is 537. The maximum Gasteiger partial charge on any atom is 0 e. The van der Waals surface area contributed by atoms with Gasteiger partial charge in [-0.05, 0) is 0 Å². The zero-order valence-electron chi connectivity index (χ0n) is 2.13. The van der Waals surface area contributed by atoms with Crippen molar-refractivity contribution < 1.29 is 23.1 Å². The SMILES string of the molecule is Cl.Cl.Cl.Cl.[HH].[Ti]. The molecule has 0 bridgehead atoms. The number of rotatable bonds is 0. The molecule has 0 atom stereocenters. The van der Waals surface area contributed by atoms with Crippen molar-refractivity contribution >= 4 is 49.6 Å². The van der Waals surface area contributed by atoms with Crippen LogP contribution in [0.4, 0.5) is 0 Å². The maximum absolute atomic E-state index is 0. The van der Waals surface area contributed by atoms with Crippen molar-refractivity contribution in [2.75, 3.05) is 0 Å². The van der Waals surface area contributed by atoms with Crippen LogP contribution in [-0.4, -0.2) is 0 Å². The number of hydrogen-bond acceptors (Lipinski definition) is 0. The molecule has 0 saturated carbocycles. The normalized spacial score (nSPS) is 0. The van der Waals surface area contributed by atoms with Crippen molar-refractivity contribution in [1.29, 1.82) is 0 Å². The van der Waals surface area contributed by atoms with E-state index in [9.17, 15) is 0 Å². The summed E-state index contributed by atoms with van der Waals surface area (Å²) in [6.45, 7) is 0. The Bertz CT molecular complexity index is 7.51. The van der Waals surface area contributed by atoms with Gasteiger partial charge in [-0.15, -0.1) is 49.6 Å². The standard InChI is InChI=1S/4ClH.Ti.H2/h4*1H;;1H. The van der Waals surface area contributed by atoms with Crippen LogP contribution in [0.1, 0.15) is 1.43 Å². The van der Waals surface area contributed by atoms with E-state index in [1.807, 2.05) is 0 Å². The average molecular weight is 196 g/mol. The molecule has 0 radical (unpaired) electrons. The van der Waals surface area contributed by atoms with Crippen molar-refractivity contribution in [3.05, 3.63) is 0 Å². The maximum atomic E-state index is 0. The zero-order chi connectivity index (χ0) is 0. The second kappa shape index (κ2) is 39.7. The molecule has 0 aliphatic rings. The van der Waals surface area contributed by atoms with Crippen molar-refractivity contribution in [1.82, 2.24) is 0 Å². The first-order valence-corrected chi connectivity index (χ1v) is 0. The Labute approximate surface area is 72.5 Å². The smallest absolute Gasteiger partial charge is 0 e. The monoisotopic (exact) mass is 194 g/mol. The summed E-state index contributed by atoms with van der Waals surface area (Å²) in [5.41, 5.74) is 0. The van der Waals surface area contributed by atoms with Gasteiger partial charge in [-0.2, -0.15) is 0 Å². The summed E-state index contributed by atoms with van der Waals surface area (Å²) >= 11 is 0.